The molecule has 0 saturated heterocycles. The van der Waals surface area contributed by atoms with Crippen LogP contribution in [-0.4, -0.2) is 24.3 Å². The van der Waals surface area contributed by atoms with E-state index in [-0.39, 0.29) is 5.97 Å². The Labute approximate surface area is 164 Å². The topological polar surface area (TPSA) is 59.6 Å². The number of nitrogens with one attached hydrogen (secondary N) is 2. The predicted molar refractivity (Wildman–Crippen MR) is 109 cm³/mol. The molecule has 0 aliphatic carbocycles. The van der Waals surface area contributed by atoms with Gasteiger partial charge in [0, 0.05) is 0 Å². The average molecular weight is 382 g/mol. The zero-order valence-electron chi connectivity index (χ0n) is 15.3. The van der Waals surface area contributed by atoms with Crippen molar-refractivity contribution in [2.45, 2.75) is 19.9 Å². The Kier molecular flexibility index (Phi) is 6.08. The molecule has 0 bridgehead atoms. The van der Waals surface area contributed by atoms with Crippen LogP contribution in [0.25, 0.3) is 5.70 Å². The first-order valence-corrected chi connectivity index (χ1v) is 9.31. The van der Waals surface area contributed by atoms with Gasteiger partial charge < -0.3 is 20.1 Å². The molecule has 1 aliphatic rings. The average Bonchev–Trinajstić information content (AvgIpc) is 2.69. The first-order valence-electron chi connectivity index (χ1n) is 8.91. The minimum atomic E-state index is -0.413. The van der Waals surface area contributed by atoms with Crippen LogP contribution in [0.5, 0.6) is 5.75 Å². The van der Waals surface area contributed by atoms with E-state index in [4.69, 9.17) is 21.7 Å². The highest BCUT2D eigenvalue weighted by molar-refractivity contribution is 7.80. The van der Waals surface area contributed by atoms with Crippen molar-refractivity contribution in [2.24, 2.45) is 0 Å². The highest BCUT2D eigenvalue weighted by Crippen LogP contribution is 2.32. The van der Waals surface area contributed by atoms with Crippen LogP contribution in [0.15, 0.2) is 60.2 Å². The summed E-state index contributed by atoms with van der Waals surface area (Å²) in [5.41, 5.74) is 2.94. The first kappa shape index (κ1) is 18.9. The lowest BCUT2D eigenvalue weighted by atomic mass is 9.93. The minimum Gasteiger partial charge on any atom is -0.494 e. The molecule has 1 atom stereocenters. The van der Waals surface area contributed by atoms with E-state index in [9.17, 15) is 4.79 Å². The second-order valence-electron chi connectivity index (χ2n) is 5.91. The summed E-state index contributed by atoms with van der Waals surface area (Å²) in [5, 5.41) is 6.78. The summed E-state index contributed by atoms with van der Waals surface area (Å²) in [6.45, 7) is 4.63. The molecule has 1 aliphatic heterocycles. The van der Waals surface area contributed by atoms with Crippen molar-refractivity contribution in [2.75, 3.05) is 13.2 Å². The summed E-state index contributed by atoms with van der Waals surface area (Å²) in [6.07, 6.45) is 0. The monoisotopic (exact) mass is 382 g/mol. The van der Waals surface area contributed by atoms with Gasteiger partial charge in [0.1, 0.15) is 5.75 Å². The summed E-state index contributed by atoms with van der Waals surface area (Å²) < 4.78 is 10.8. The predicted octanol–water partition coefficient (Wildman–Crippen LogP) is 3.58. The summed E-state index contributed by atoms with van der Waals surface area (Å²) in [6, 6.07) is 16.9. The van der Waals surface area contributed by atoms with Crippen LogP contribution in [0, 0.1) is 0 Å². The molecule has 2 aromatic carbocycles. The number of hydrogen-bond acceptors (Lipinski definition) is 4. The van der Waals surface area contributed by atoms with E-state index in [1.54, 1.807) is 6.92 Å². The van der Waals surface area contributed by atoms with Crippen LogP contribution < -0.4 is 15.4 Å². The van der Waals surface area contributed by atoms with Crippen LogP contribution in [0.1, 0.15) is 31.0 Å². The van der Waals surface area contributed by atoms with E-state index in [0.29, 0.717) is 29.6 Å². The Morgan fingerprint density at radius 1 is 1.04 bits per heavy atom. The summed E-state index contributed by atoms with van der Waals surface area (Å²) in [7, 11) is 0. The number of carbonyl (C=O) groups excluding carboxylic acids is 1. The molecule has 0 spiro atoms. The standard InChI is InChI=1S/C21H22N2O3S/c1-3-25-16-12-10-15(11-13-16)19-17(20(24)26-4-2)18(22-21(27)23-19)14-8-6-5-7-9-14/h5-13,19H,3-4H2,1-2H3,(H2,22,23,27). The Morgan fingerprint density at radius 3 is 2.37 bits per heavy atom. The second kappa shape index (κ2) is 8.68. The van der Waals surface area contributed by atoms with E-state index >= 15 is 0 Å². The molecule has 0 amide bonds. The third-order valence-corrected chi connectivity index (χ3v) is 4.37. The minimum absolute atomic E-state index is 0.296. The molecule has 1 unspecified atom stereocenters. The van der Waals surface area contributed by atoms with E-state index in [0.717, 1.165) is 16.9 Å². The number of hydrogen-bond donors (Lipinski definition) is 2. The van der Waals surface area contributed by atoms with Crippen molar-refractivity contribution < 1.29 is 14.3 Å². The van der Waals surface area contributed by atoms with Gasteiger partial charge in [0.2, 0.25) is 0 Å². The van der Waals surface area contributed by atoms with Gasteiger partial charge in [-0.3, -0.25) is 0 Å². The molecule has 0 aromatic heterocycles. The fraction of sp³-hybridized carbons (Fsp3) is 0.238. The third-order valence-electron chi connectivity index (χ3n) is 4.15. The van der Waals surface area contributed by atoms with Gasteiger partial charge in [0.15, 0.2) is 5.11 Å². The summed E-state index contributed by atoms with van der Waals surface area (Å²) in [5.74, 6) is 0.403. The fourth-order valence-electron chi connectivity index (χ4n) is 3.00. The Balaban J connectivity index is 2.09. The SMILES string of the molecule is CCOC(=O)C1=C(c2ccccc2)NC(=S)NC1c1ccc(OCC)cc1. The van der Waals surface area contributed by atoms with Gasteiger partial charge in [-0.1, -0.05) is 42.5 Å². The molecule has 1 heterocycles. The van der Waals surface area contributed by atoms with Crippen molar-refractivity contribution in [3.63, 3.8) is 0 Å². The van der Waals surface area contributed by atoms with Crippen molar-refractivity contribution in [3.05, 3.63) is 71.3 Å². The maximum atomic E-state index is 12.8. The van der Waals surface area contributed by atoms with Crippen molar-refractivity contribution >= 4 is 29.0 Å². The molecule has 0 fully saturated rings. The van der Waals surface area contributed by atoms with E-state index in [2.05, 4.69) is 10.6 Å². The van der Waals surface area contributed by atoms with E-state index < -0.39 is 6.04 Å². The molecule has 0 saturated carbocycles. The van der Waals surface area contributed by atoms with Crippen LogP contribution in [0.4, 0.5) is 0 Å². The molecule has 2 aromatic rings. The number of carbonyl (C=O) groups is 1. The van der Waals surface area contributed by atoms with Gasteiger partial charge in [-0.05, 0) is 49.3 Å². The summed E-state index contributed by atoms with van der Waals surface area (Å²) >= 11 is 5.40. The Hall–Kier alpha value is -2.86. The highest BCUT2D eigenvalue weighted by atomic mass is 32.1. The molecular weight excluding hydrogens is 360 g/mol. The number of esters is 1. The lowest BCUT2D eigenvalue weighted by molar-refractivity contribution is -0.138. The lowest BCUT2D eigenvalue weighted by Crippen LogP contribution is -2.45. The van der Waals surface area contributed by atoms with Gasteiger partial charge >= 0.3 is 5.97 Å². The third kappa shape index (κ3) is 4.28. The quantitative estimate of drug-likeness (QED) is 0.588. The van der Waals surface area contributed by atoms with Crippen molar-refractivity contribution in [1.29, 1.82) is 0 Å². The molecule has 0 radical (unpaired) electrons. The number of thiocarbonyl (C=S) groups is 1. The van der Waals surface area contributed by atoms with Crippen LogP contribution in [0.3, 0.4) is 0 Å². The first-order chi connectivity index (χ1) is 13.1. The molecule has 27 heavy (non-hydrogen) atoms. The number of benzene rings is 2. The maximum absolute atomic E-state index is 12.8. The maximum Gasteiger partial charge on any atom is 0.338 e. The largest absolute Gasteiger partial charge is 0.494 e. The van der Waals surface area contributed by atoms with Gasteiger partial charge in [-0.15, -0.1) is 0 Å². The fourth-order valence-corrected chi connectivity index (χ4v) is 3.22. The van der Waals surface area contributed by atoms with Crippen LogP contribution in [-0.2, 0) is 9.53 Å². The van der Waals surface area contributed by atoms with Gasteiger partial charge in [0.05, 0.1) is 30.5 Å². The Bertz CT molecular complexity index is 847. The van der Waals surface area contributed by atoms with Gasteiger partial charge in [-0.2, -0.15) is 0 Å². The molecule has 140 valence electrons. The molecule has 5 nitrogen and oxygen atoms in total. The van der Waals surface area contributed by atoms with Crippen molar-refractivity contribution in [1.82, 2.24) is 10.6 Å². The van der Waals surface area contributed by atoms with Crippen LogP contribution in [0.2, 0.25) is 0 Å². The highest BCUT2D eigenvalue weighted by Gasteiger charge is 2.33. The smallest absolute Gasteiger partial charge is 0.338 e. The number of ether oxygens (including phenoxy) is 2. The Morgan fingerprint density at radius 2 is 1.74 bits per heavy atom. The molecule has 2 N–H and O–H groups in total. The van der Waals surface area contributed by atoms with E-state index in [1.165, 1.54) is 0 Å². The van der Waals surface area contributed by atoms with Crippen molar-refractivity contribution in [3.8, 4) is 5.75 Å². The van der Waals surface area contributed by atoms with Crippen LogP contribution >= 0.6 is 12.2 Å². The lowest BCUT2D eigenvalue weighted by Gasteiger charge is -2.31. The zero-order chi connectivity index (χ0) is 19.2. The van der Waals surface area contributed by atoms with E-state index in [1.807, 2.05) is 61.5 Å². The number of rotatable bonds is 6. The molecule has 3 rings (SSSR count). The second-order valence-corrected chi connectivity index (χ2v) is 6.32. The molecule has 6 heteroatoms. The zero-order valence-corrected chi connectivity index (χ0v) is 16.1. The normalized spacial score (nSPS) is 16.4. The van der Waals surface area contributed by atoms with Gasteiger partial charge in [0.25, 0.3) is 0 Å². The summed E-state index contributed by atoms with van der Waals surface area (Å²) in [4.78, 5) is 12.8. The molecular formula is C21H22N2O3S. The van der Waals surface area contributed by atoms with Gasteiger partial charge in [-0.25, -0.2) is 4.79 Å².